The molecule has 0 amide bonds. The first-order chi connectivity index (χ1) is 9.34. The summed E-state index contributed by atoms with van der Waals surface area (Å²) in [6.07, 6.45) is 7.45. The second-order valence-corrected chi connectivity index (χ2v) is 5.87. The van der Waals surface area contributed by atoms with Gasteiger partial charge in [-0.15, -0.1) is 10.2 Å². The highest BCUT2D eigenvalue weighted by atomic mass is 15.3. The molecule has 0 aromatic carbocycles. The largest absolute Gasteiger partial charge is 0.315 e. The second kappa shape index (κ2) is 6.01. The normalized spacial score (nSPS) is 25.6. The van der Waals surface area contributed by atoms with E-state index in [4.69, 9.17) is 0 Å². The lowest BCUT2D eigenvalue weighted by Crippen LogP contribution is -2.44. The van der Waals surface area contributed by atoms with Crippen molar-refractivity contribution in [2.24, 2.45) is 0 Å². The summed E-state index contributed by atoms with van der Waals surface area (Å²) in [4.78, 5) is 0. The van der Waals surface area contributed by atoms with Crippen LogP contribution in [0.25, 0.3) is 0 Å². The zero-order valence-electron chi connectivity index (χ0n) is 11.9. The molecule has 0 spiro atoms. The number of hydrogen-bond acceptors (Lipinski definition) is 4. The summed E-state index contributed by atoms with van der Waals surface area (Å²) < 4.78 is 2.35. The van der Waals surface area contributed by atoms with Crippen LogP contribution in [-0.2, 0) is 13.0 Å². The van der Waals surface area contributed by atoms with Gasteiger partial charge < -0.3 is 15.2 Å². The number of nitrogens with one attached hydrogen (secondary N) is 2. The van der Waals surface area contributed by atoms with E-state index < -0.39 is 0 Å². The van der Waals surface area contributed by atoms with Crippen LogP contribution in [0.2, 0.25) is 0 Å². The molecule has 2 aliphatic heterocycles. The Morgan fingerprint density at radius 3 is 3.05 bits per heavy atom. The van der Waals surface area contributed by atoms with Crippen LogP contribution in [0.15, 0.2) is 0 Å². The van der Waals surface area contributed by atoms with Crippen molar-refractivity contribution < 1.29 is 0 Å². The van der Waals surface area contributed by atoms with Gasteiger partial charge in [-0.3, -0.25) is 0 Å². The van der Waals surface area contributed by atoms with Gasteiger partial charge in [0, 0.05) is 25.6 Å². The maximum absolute atomic E-state index is 4.43. The van der Waals surface area contributed by atoms with Crippen molar-refractivity contribution in [2.45, 2.75) is 64.1 Å². The first kappa shape index (κ1) is 13.1. The molecule has 0 aliphatic carbocycles. The van der Waals surface area contributed by atoms with Crippen molar-refractivity contribution in [1.29, 1.82) is 0 Å². The maximum atomic E-state index is 4.43. The van der Waals surface area contributed by atoms with E-state index >= 15 is 0 Å². The van der Waals surface area contributed by atoms with Crippen molar-refractivity contribution in [1.82, 2.24) is 25.4 Å². The fraction of sp³-hybridized carbons (Fsp3) is 0.857. The van der Waals surface area contributed by atoms with Gasteiger partial charge in [0.2, 0.25) is 0 Å². The zero-order chi connectivity index (χ0) is 13.1. The number of hydrogen-bond donors (Lipinski definition) is 2. The van der Waals surface area contributed by atoms with Crippen LogP contribution in [0, 0.1) is 0 Å². The predicted octanol–water partition coefficient (Wildman–Crippen LogP) is 1.41. The topological polar surface area (TPSA) is 54.8 Å². The summed E-state index contributed by atoms with van der Waals surface area (Å²) in [5, 5.41) is 16.0. The Labute approximate surface area is 115 Å². The van der Waals surface area contributed by atoms with Gasteiger partial charge >= 0.3 is 0 Å². The molecule has 2 N–H and O–H groups in total. The lowest BCUT2D eigenvalue weighted by molar-refractivity contribution is 0.351. The molecule has 1 fully saturated rings. The molecule has 5 nitrogen and oxygen atoms in total. The third-order valence-corrected chi connectivity index (χ3v) is 4.31. The van der Waals surface area contributed by atoms with Crippen molar-refractivity contribution >= 4 is 0 Å². The van der Waals surface area contributed by atoms with Crippen LogP contribution in [0.5, 0.6) is 0 Å². The SMILES string of the molecule is CC(NC1CCCNC1)c1nnc2n1CCCCC2. The van der Waals surface area contributed by atoms with E-state index in [2.05, 4.69) is 32.3 Å². The molecule has 0 saturated carbocycles. The van der Waals surface area contributed by atoms with E-state index in [1.165, 1.54) is 37.9 Å². The Morgan fingerprint density at radius 1 is 1.26 bits per heavy atom. The van der Waals surface area contributed by atoms with Gasteiger partial charge in [0.05, 0.1) is 6.04 Å². The number of aryl methyl sites for hydroxylation is 1. The molecular formula is C14H25N5. The molecule has 2 aliphatic rings. The molecule has 5 heteroatoms. The van der Waals surface area contributed by atoms with E-state index in [9.17, 15) is 0 Å². The Kier molecular flexibility index (Phi) is 4.13. The summed E-state index contributed by atoms with van der Waals surface area (Å²) in [5.41, 5.74) is 0. The number of rotatable bonds is 3. The lowest BCUT2D eigenvalue weighted by atomic mass is 10.1. The molecule has 3 rings (SSSR count). The van der Waals surface area contributed by atoms with Crippen LogP contribution < -0.4 is 10.6 Å². The molecule has 1 aromatic heterocycles. The van der Waals surface area contributed by atoms with Crippen molar-refractivity contribution in [2.75, 3.05) is 13.1 Å². The number of fused-ring (bicyclic) bond motifs is 1. The number of aromatic nitrogens is 3. The zero-order valence-corrected chi connectivity index (χ0v) is 11.9. The van der Waals surface area contributed by atoms with Crippen molar-refractivity contribution in [3.05, 3.63) is 11.6 Å². The summed E-state index contributed by atoms with van der Waals surface area (Å²) in [7, 11) is 0. The van der Waals surface area contributed by atoms with E-state index in [0.717, 1.165) is 31.9 Å². The highest BCUT2D eigenvalue weighted by Gasteiger charge is 2.22. The fourth-order valence-electron chi connectivity index (χ4n) is 3.25. The summed E-state index contributed by atoms with van der Waals surface area (Å²) in [5.74, 6) is 2.31. The molecular weight excluding hydrogens is 238 g/mol. The summed E-state index contributed by atoms with van der Waals surface area (Å²) in [6.45, 7) is 5.54. The summed E-state index contributed by atoms with van der Waals surface area (Å²) >= 11 is 0. The Bertz CT molecular complexity index is 408. The molecule has 0 radical (unpaired) electrons. The van der Waals surface area contributed by atoms with Gasteiger partial charge in [0.1, 0.15) is 11.6 Å². The molecule has 2 unspecified atom stereocenters. The number of piperidine rings is 1. The van der Waals surface area contributed by atoms with Crippen LogP contribution in [0.3, 0.4) is 0 Å². The molecule has 2 atom stereocenters. The molecule has 1 aromatic rings. The smallest absolute Gasteiger partial charge is 0.149 e. The molecule has 19 heavy (non-hydrogen) atoms. The van der Waals surface area contributed by atoms with Crippen LogP contribution in [-0.4, -0.2) is 33.9 Å². The Hall–Kier alpha value is -0.940. The minimum Gasteiger partial charge on any atom is -0.315 e. The lowest BCUT2D eigenvalue weighted by Gasteiger charge is -2.27. The average Bonchev–Trinajstić information content (AvgIpc) is 2.69. The second-order valence-electron chi connectivity index (χ2n) is 5.87. The highest BCUT2D eigenvalue weighted by Crippen LogP contribution is 2.19. The number of nitrogens with zero attached hydrogens (tertiary/aromatic N) is 3. The minimum atomic E-state index is 0.296. The summed E-state index contributed by atoms with van der Waals surface area (Å²) in [6, 6.07) is 0.867. The average molecular weight is 263 g/mol. The van der Waals surface area contributed by atoms with Crippen molar-refractivity contribution in [3.8, 4) is 0 Å². The third kappa shape index (κ3) is 2.98. The van der Waals surface area contributed by atoms with E-state index in [0.29, 0.717) is 12.1 Å². The highest BCUT2D eigenvalue weighted by molar-refractivity contribution is 5.02. The first-order valence-electron chi connectivity index (χ1n) is 7.73. The van der Waals surface area contributed by atoms with Gasteiger partial charge in [0.25, 0.3) is 0 Å². The first-order valence-corrected chi connectivity index (χ1v) is 7.73. The molecule has 1 saturated heterocycles. The predicted molar refractivity (Wildman–Crippen MR) is 75.0 cm³/mol. The van der Waals surface area contributed by atoms with E-state index in [1.54, 1.807) is 0 Å². The Balaban J connectivity index is 1.68. The van der Waals surface area contributed by atoms with Gasteiger partial charge in [-0.25, -0.2) is 0 Å². The van der Waals surface area contributed by atoms with Gasteiger partial charge in [-0.1, -0.05) is 6.42 Å². The van der Waals surface area contributed by atoms with Gasteiger partial charge in [-0.2, -0.15) is 0 Å². The van der Waals surface area contributed by atoms with Gasteiger partial charge in [-0.05, 0) is 39.2 Å². The third-order valence-electron chi connectivity index (χ3n) is 4.31. The quantitative estimate of drug-likeness (QED) is 0.866. The fourth-order valence-corrected chi connectivity index (χ4v) is 3.25. The van der Waals surface area contributed by atoms with Crippen molar-refractivity contribution in [3.63, 3.8) is 0 Å². The van der Waals surface area contributed by atoms with Crippen LogP contribution >= 0.6 is 0 Å². The maximum Gasteiger partial charge on any atom is 0.149 e. The minimum absolute atomic E-state index is 0.296. The standard InChI is InChI=1S/C14H25N5/c1-11(16-12-6-5-8-15-10-12)14-18-17-13-7-3-2-4-9-19(13)14/h11-12,15-16H,2-10H2,1H3. The van der Waals surface area contributed by atoms with Crippen LogP contribution in [0.1, 0.15) is 56.7 Å². The van der Waals surface area contributed by atoms with Crippen LogP contribution in [0.4, 0.5) is 0 Å². The molecule has 106 valence electrons. The van der Waals surface area contributed by atoms with Gasteiger partial charge in [0.15, 0.2) is 0 Å². The molecule has 0 bridgehead atoms. The van der Waals surface area contributed by atoms with E-state index in [-0.39, 0.29) is 0 Å². The Morgan fingerprint density at radius 2 is 2.21 bits per heavy atom. The molecule has 3 heterocycles. The monoisotopic (exact) mass is 263 g/mol. The van der Waals surface area contributed by atoms with E-state index in [1.807, 2.05) is 0 Å².